The van der Waals surface area contributed by atoms with Crippen molar-refractivity contribution in [2.45, 2.75) is 23.8 Å². The van der Waals surface area contributed by atoms with Crippen molar-refractivity contribution in [1.82, 2.24) is 19.7 Å². The minimum atomic E-state index is 0.345. The SMILES string of the molecule is Cc1nn(C)c(C)c1Oc1cc(Sc2ccccn2)cnc1N. The molecule has 0 bridgehead atoms. The maximum absolute atomic E-state index is 5.97. The van der Waals surface area contributed by atoms with Crippen LogP contribution in [0.25, 0.3) is 0 Å². The number of anilines is 1. The number of nitrogens with two attached hydrogens (primary N) is 1. The topological polar surface area (TPSA) is 78.8 Å². The van der Waals surface area contributed by atoms with Gasteiger partial charge >= 0.3 is 0 Å². The van der Waals surface area contributed by atoms with Gasteiger partial charge < -0.3 is 10.5 Å². The highest BCUT2D eigenvalue weighted by Gasteiger charge is 2.14. The van der Waals surface area contributed by atoms with Gasteiger partial charge in [-0.05, 0) is 26.0 Å². The highest BCUT2D eigenvalue weighted by Crippen LogP contribution is 2.34. The molecule has 0 unspecified atom stereocenters. The Morgan fingerprint density at radius 3 is 2.70 bits per heavy atom. The molecule has 0 fully saturated rings. The number of hydrogen-bond acceptors (Lipinski definition) is 6. The van der Waals surface area contributed by atoms with Gasteiger partial charge in [-0.1, -0.05) is 17.8 Å². The zero-order chi connectivity index (χ0) is 16.4. The number of rotatable bonds is 4. The Morgan fingerprint density at radius 2 is 2.04 bits per heavy atom. The van der Waals surface area contributed by atoms with Crippen LogP contribution in [-0.4, -0.2) is 19.7 Å². The molecule has 0 aliphatic heterocycles. The number of aromatic nitrogens is 4. The van der Waals surface area contributed by atoms with Crippen molar-refractivity contribution in [3.05, 3.63) is 48.0 Å². The first-order valence-electron chi connectivity index (χ1n) is 7.07. The third-order valence-corrected chi connectivity index (χ3v) is 4.28. The van der Waals surface area contributed by atoms with Crippen molar-refractivity contribution in [1.29, 1.82) is 0 Å². The van der Waals surface area contributed by atoms with Gasteiger partial charge in [0.05, 0.1) is 5.69 Å². The average molecular weight is 327 g/mol. The second kappa shape index (κ2) is 6.29. The number of hydrogen-bond donors (Lipinski definition) is 1. The van der Waals surface area contributed by atoms with Crippen LogP contribution in [0, 0.1) is 13.8 Å². The van der Waals surface area contributed by atoms with Gasteiger partial charge in [0.25, 0.3) is 0 Å². The maximum atomic E-state index is 5.97. The molecule has 0 atom stereocenters. The molecule has 0 spiro atoms. The van der Waals surface area contributed by atoms with Crippen molar-refractivity contribution in [2.24, 2.45) is 7.05 Å². The second-order valence-electron chi connectivity index (χ2n) is 5.05. The smallest absolute Gasteiger partial charge is 0.171 e. The Balaban J connectivity index is 1.89. The summed E-state index contributed by atoms with van der Waals surface area (Å²) in [6.45, 7) is 3.85. The van der Waals surface area contributed by atoms with E-state index in [9.17, 15) is 0 Å². The van der Waals surface area contributed by atoms with Crippen molar-refractivity contribution in [2.75, 3.05) is 5.73 Å². The van der Waals surface area contributed by atoms with Gasteiger partial charge in [0.15, 0.2) is 17.3 Å². The summed E-state index contributed by atoms with van der Waals surface area (Å²) in [7, 11) is 1.88. The molecular formula is C16H17N5OS. The number of pyridine rings is 2. The highest BCUT2D eigenvalue weighted by molar-refractivity contribution is 7.99. The van der Waals surface area contributed by atoms with E-state index in [4.69, 9.17) is 10.5 Å². The van der Waals surface area contributed by atoms with Gasteiger partial charge in [0, 0.05) is 30.4 Å². The van der Waals surface area contributed by atoms with Crippen LogP contribution in [0.5, 0.6) is 11.5 Å². The molecule has 0 aromatic carbocycles. The molecule has 23 heavy (non-hydrogen) atoms. The summed E-state index contributed by atoms with van der Waals surface area (Å²) in [6.07, 6.45) is 3.47. The van der Waals surface area contributed by atoms with E-state index in [1.165, 1.54) is 11.8 Å². The molecule has 3 aromatic heterocycles. The summed E-state index contributed by atoms with van der Waals surface area (Å²) in [5.41, 5.74) is 7.70. The molecule has 6 nitrogen and oxygen atoms in total. The number of nitrogen functional groups attached to an aromatic ring is 1. The molecule has 0 saturated heterocycles. The van der Waals surface area contributed by atoms with Crippen molar-refractivity contribution in [3.8, 4) is 11.5 Å². The summed E-state index contributed by atoms with van der Waals surface area (Å²) in [4.78, 5) is 9.42. The molecule has 7 heteroatoms. The molecule has 3 rings (SSSR count). The average Bonchev–Trinajstić information content (AvgIpc) is 2.78. The Bertz CT molecular complexity index is 832. The minimum Gasteiger partial charge on any atom is -0.450 e. The van der Waals surface area contributed by atoms with E-state index in [-0.39, 0.29) is 0 Å². The summed E-state index contributed by atoms with van der Waals surface area (Å²) in [6, 6.07) is 7.64. The molecule has 3 aromatic rings. The van der Waals surface area contributed by atoms with Crippen LogP contribution in [0.3, 0.4) is 0 Å². The molecule has 0 aliphatic carbocycles. The molecule has 0 aliphatic rings. The number of ether oxygens (including phenoxy) is 1. The molecule has 2 N–H and O–H groups in total. The lowest BCUT2D eigenvalue weighted by atomic mass is 10.3. The molecule has 0 saturated carbocycles. The first-order valence-corrected chi connectivity index (χ1v) is 7.88. The van der Waals surface area contributed by atoms with Crippen LogP contribution in [-0.2, 0) is 7.05 Å². The van der Waals surface area contributed by atoms with Crippen molar-refractivity contribution < 1.29 is 4.74 Å². The highest BCUT2D eigenvalue weighted by atomic mass is 32.2. The van der Waals surface area contributed by atoms with Crippen LogP contribution in [0.15, 0.2) is 46.6 Å². The van der Waals surface area contributed by atoms with Gasteiger partial charge in [-0.2, -0.15) is 5.10 Å². The zero-order valence-corrected chi connectivity index (χ0v) is 14.0. The standard InChI is InChI=1S/C16H17N5OS/c1-10-15(11(2)21(3)20-10)22-13-8-12(9-19-16(13)17)23-14-6-4-5-7-18-14/h4-9H,1-3H3,(H2,17,19). The van der Waals surface area contributed by atoms with Crippen LogP contribution in [0.2, 0.25) is 0 Å². The van der Waals surface area contributed by atoms with Crippen LogP contribution in [0.1, 0.15) is 11.4 Å². The number of aryl methyl sites for hydroxylation is 2. The van der Waals surface area contributed by atoms with Gasteiger partial charge in [-0.3, -0.25) is 4.68 Å². The Kier molecular flexibility index (Phi) is 4.20. The third-order valence-electron chi connectivity index (χ3n) is 3.37. The summed E-state index contributed by atoms with van der Waals surface area (Å²) in [5, 5.41) is 5.23. The lowest BCUT2D eigenvalue weighted by Crippen LogP contribution is -1.97. The van der Waals surface area contributed by atoms with Gasteiger partial charge in [0.1, 0.15) is 10.7 Å². The van der Waals surface area contributed by atoms with Crippen LogP contribution < -0.4 is 10.5 Å². The number of nitrogens with zero attached hydrogens (tertiary/aromatic N) is 4. The van der Waals surface area contributed by atoms with Crippen LogP contribution >= 0.6 is 11.8 Å². The summed E-state index contributed by atoms with van der Waals surface area (Å²) in [5.74, 6) is 1.57. The summed E-state index contributed by atoms with van der Waals surface area (Å²) < 4.78 is 7.74. The van der Waals surface area contributed by atoms with E-state index in [1.807, 2.05) is 45.2 Å². The first-order chi connectivity index (χ1) is 11.0. The predicted molar refractivity (Wildman–Crippen MR) is 89.8 cm³/mol. The quantitative estimate of drug-likeness (QED) is 0.791. The van der Waals surface area contributed by atoms with Crippen LogP contribution in [0.4, 0.5) is 5.82 Å². The molecular weight excluding hydrogens is 310 g/mol. The Morgan fingerprint density at radius 1 is 1.22 bits per heavy atom. The predicted octanol–water partition coefficient (Wildman–Crippen LogP) is 3.35. The zero-order valence-electron chi connectivity index (χ0n) is 13.1. The van der Waals surface area contributed by atoms with Gasteiger partial charge in [-0.15, -0.1) is 0 Å². The molecule has 0 radical (unpaired) electrons. The van der Waals surface area contributed by atoms with E-state index in [2.05, 4.69) is 15.1 Å². The van der Waals surface area contributed by atoms with Gasteiger partial charge in [-0.25, -0.2) is 9.97 Å². The monoisotopic (exact) mass is 327 g/mol. The van der Waals surface area contributed by atoms with Gasteiger partial charge in [0.2, 0.25) is 0 Å². The largest absolute Gasteiger partial charge is 0.450 e. The van der Waals surface area contributed by atoms with E-state index >= 15 is 0 Å². The lowest BCUT2D eigenvalue weighted by molar-refractivity contribution is 0.473. The Hall–Kier alpha value is -2.54. The molecule has 0 amide bonds. The molecule has 118 valence electrons. The minimum absolute atomic E-state index is 0.345. The fourth-order valence-electron chi connectivity index (χ4n) is 2.11. The maximum Gasteiger partial charge on any atom is 0.171 e. The van der Waals surface area contributed by atoms with E-state index < -0.39 is 0 Å². The summed E-state index contributed by atoms with van der Waals surface area (Å²) >= 11 is 1.50. The van der Waals surface area contributed by atoms with E-state index in [0.29, 0.717) is 17.3 Å². The first kappa shape index (κ1) is 15.4. The lowest BCUT2D eigenvalue weighted by Gasteiger charge is -2.09. The molecule has 3 heterocycles. The van der Waals surface area contributed by atoms with E-state index in [0.717, 1.165) is 21.3 Å². The fourth-order valence-corrected chi connectivity index (χ4v) is 2.89. The van der Waals surface area contributed by atoms with E-state index in [1.54, 1.807) is 17.1 Å². The van der Waals surface area contributed by atoms with Crippen molar-refractivity contribution >= 4 is 17.6 Å². The fraction of sp³-hybridized carbons (Fsp3) is 0.188. The normalized spacial score (nSPS) is 10.7. The van der Waals surface area contributed by atoms with Crippen molar-refractivity contribution in [3.63, 3.8) is 0 Å². The second-order valence-corrected chi connectivity index (χ2v) is 6.14. The Labute approximate surface area is 138 Å². The third kappa shape index (κ3) is 3.29.